The molecule has 1 saturated carbocycles. The van der Waals surface area contributed by atoms with Crippen LogP contribution in [0.25, 0.3) is 0 Å². The average Bonchev–Trinajstić information content (AvgIpc) is 3.09. The highest BCUT2D eigenvalue weighted by atomic mass is 35.5. The molecule has 1 aromatic carbocycles. The van der Waals surface area contributed by atoms with Crippen LogP contribution in [0.1, 0.15) is 42.5 Å². The number of amides is 1. The Morgan fingerprint density at radius 3 is 2.76 bits per heavy atom. The van der Waals surface area contributed by atoms with Crippen molar-refractivity contribution < 1.29 is 23.8 Å². The molecule has 25 heavy (non-hydrogen) atoms. The van der Waals surface area contributed by atoms with E-state index < -0.39 is 24.0 Å². The molecular weight excluding hydrogens is 348 g/mol. The second-order valence-corrected chi connectivity index (χ2v) is 6.48. The number of fused-ring (bicyclic) bond motifs is 1. The summed E-state index contributed by atoms with van der Waals surface area (Å²) < 4.78 is 15.4. The van der Waals surface area contributed by atoms with Gasteiger partial charge >= 0.3 is 5.97 Å². The Hall–Kier alpha value is -2.46. The van der Waals surface area contributed by atoms with Crippen LogP contribution >= 0.6 is 11.6 Å². The zero-order valence-corrected chi connectivity index (χ0v) is 14.2. The summed E-state index contributed by atoms with van der Waals surface area (Å²) in [5.74, 6) is -0.465. The van der Waals surface area contributed by atoms with E-state index in [1.165, 1.54) is 12.1 Å². The quantitative estimate of drug-likeness (QED) is 0.824. The number of carbonyl (C=O) groups is 2. The lowest BCUT2D eigenvalue weighted by molar-refractivity contribution is -0.125. The number of halogens is 1. The van der Waals surface area contributed by atoms with Crippen LogP contribution in [-0.2, 0) is 9.53 Å². The predicted molar refractivity (Wildman–Crippen MR) is 87.4 cm³/mol. The molecule has 7 nitrogen and oxygen atoms in total. The molecule has 132 valence electrons. The third kappa shape index (κ3) is 3.80. The van der Waals surface area contributed by atoms with Crippen molar-refractivity contribution in [3.8, 4) is 17.6 Å². The van der Waals surface area contributed by atoms with Gasteiger partial charge in [0.05, 0.1) is 16.7 Å². The van der Waals surface area contributed by atoms with Gasteiger partial charge in [0.25, 0.3) is 5.91 Å². The zero-order valence-electron chi connectivity index (χ0n) is 13.5. The van der Waals surface area contributed by atoms with Gasteiger partial charge in [-0.15, -0.1) is 0 Å². The molecule has 0 bridgehead atoms. The third-order valence-corrected chi connectivity index (χ3v) is 4.58. The number of esters is 1. The molecule has 0 saturated heterocycles. The molecule has 1 amide bonds. The Bertz CT molecular complexity index is 737. The van der Waals surface area contributed by atoms with Crippen molar-refractivity contribution in [3.05, 3.63) is 22.7 Å². The second kappa shape index (κ2) is 7.19. The molecule has 0 atom stereocenters. The van der Waals surface area contributed by atoms with E-state index in [2.05, 4.69) is 11.4 Å². The average molecular weight is 365 g/mol. The van der Waals surface area contributed by atoms with Crippen LogP contribution in [-0.4, -0.2) is 30.8 Å². The van der Waals surface area contributed by atoms with Gasteiger partial charge in [-0.25, -0.2) is 4.79 Å². The van der Waals surface area contributed by atoms with Gasteiger partial charge in [-0.05, 0) is 25.0 Å². The minimum Gasteiger partial charge on any atom is -0.454 e. The van der Waals surface area contributed by atoms with Crippen molar-refractivity contribution in [2.45, 2.75) is 37.6 Å². The lowest BCUT2D eigenvalue weighted by Gasteiger charge is -2.31. The van der Waals surface area contributed by atoms with E-state index in [1.54, 1.807) is 0 Å². The summed E-state index contributed by atoms with van der Waals surface area (Å²) in [5, 5.41) is 12.3. The summed E-state index contributed by atoms with van der Waals surface area (Å²) in [6.45, 7) is -0.430. The van der Waals surface area contributed by atoms with Crippen LogP contribution in [0, 0.1) is 11.3 Å². The molecule has 0 radical (unpaired) electrons. The fourth-order valence-corrected chi connectivity index (χ4v) is 3.29. The summed E-state index contributed by atoms with van der Waals surface area (Å²) in [7, 11) is 0. The highest BCUT2D eigenvalue weighted by molar-refractivity contribution is 6.32. The van der Waals surface area contributed by atoms with E-state index in [4.69, 9.17) is 25.8 Å². The monoisotopic (exact) mass is 364 g/mol. The van der Waals surface area contributed by atoms with E-state index in [1.807, 2.05) is 0 Å². The normalized spacial score (nSPS) is 17.4. The van der Waals surface area contributed by atoms with Crippen molar-refractivity contribution >= 4 is 23.5 Å². The molecular formula is C17H17ClN2O5. The number of hydrogen-bond donors (Lipinski definition) is 1. The van der Waals surface area contributed by atoms with Gasteiger partial charge in [0.15, 0.2) is 18.1 Å². The van der Waals surface area contributed by atoms with Crippen LogP contribution in [0.2, 0.25) is 5.02 Å². The lowest BCUT2D eigenvalue weighted by Crippen LogP contribution is -2.50. The SMILES string of the molecule is N#CC1(NC(=O)COC(=O)c2cc(Cl)c3c(c2)OCO3)CCCCC1. The highest BCUT2D eigenvalue weighted by Crippen LogP contribution is 2.39. The van der Waals surface area contributed by atoms with Crippen LogP contribution in [0.15, 0.2) is 12.1 Å². The molecule has 1 N–H and O–H groups in total. The molecule has 1 fully saturated rings. The van der Waals surface area contributed by atoms with Crippen LogP contribution in [0.3, 0.4) is 0 Å². The first-order chi connectivity index (χ1) is 12.0. The Balaban J connectivity index is 1.58. The fourth-order valence-electron chi connectivity index (χ4n) is 3.02. The summed E-state index contributed by atoms with van der Waals surface area (Å²) in [6, 6.07) is 5.03. The smallest absolute Gasteiger partial charge is 0.338 e. The number of hydrogen-bond acceptors (Lipinski definition) is 6. The Kier molecular flexibility index (Phi) is 5.00. The predicted octanol–water partition coefficient (Wildman–Crippen LogP) is 2.57. The largest absolute Gasteiger partial charge is 0.454 e. The zero-order chi connectivity index (χ0) is 17.9. The highest BCUT2D eigenvalue weighted by Gasteiger charge is 2.33. The first-order valence-corrected chi connectivity index (χ1v) is 8.39. The number of nitrogens with zero attached hydrogens (tertiary/aromatic N) is 1. The van der Waals surface area contributed by atoms with E-state index in [0.29, 0.717) is 24.3 Å². The number of nitriles is 1. The van der Waals surface area contributed by atoms with Crippen LogP contribution in [0.4, 0.5) is 0 Å². The summed E-state index contributed by atoms with van der Waals surface area (Å²) in [4.78, 5) is 24.2. The molecule has 1 aliphatic heterocycles. The van der Waals surface area contributed by atoms with E-state index >= 15 is 0 Å². The van der Waals surface area contributed by atoms with Crippen molar-refractivity contribution in [3.63, 3.8) is 0 Å². The maximum atomic E-state index is 12.1. The van der Waals surface area contributed by atoms with E-state index in [0.717, 1.165) is 19.3 Å². The second-order valence-electron chi connectivity index (χ2n) is 6.07. The molecule has 3 rings (SSSR count). The van der Waals surface area contributed by atoms with Crippen molar-refractivity contribution in [2.24, 2.45) is 0 Å². The van der Waals surface area contributed by atoms with E-state index in [-0.39, 0.29) is 17.4 Å². The van der Waals surface area contributed by atoms with E-state index in [9.17, 15) is 14.9 Å². The number of ether oxygens (including phenoxy) is 3. The van der Waals surface area contributed by atoms with Gasteiger partial charge < -0.3 is 19.5 Å². The minimum atomic E-state index is -0.857. The van der Waals surface area contributed by atoms with Gasteiger partial charge in [0, 0.05) is 0 Å². The summed E-state index contributed by atoms with van der Waals surface area (Å²) in [6.07, 6.45) is 4.06. The van der Waals surface area contributed by atoms with Gasteiger partial charge in [0.2, 0.25) is 6.79 Å². The summed E-state index contributed by atoms with van der Waals surface area (Å²) in [5.41, 5.74) is -0.696. The molecule has 2 aliphatic rings. The third-order valence-electron chi connectivity index (χ3n) is 4.30. The Morgan fingerprint density at radius 1 is 1.28 bits per heavy atom. The van der Waals surface area contributed by atoms with Gasteiger partial charge in [-0.2, -0.15) is 5.26 Å². The topological polar surface area (TPSA) is 97.7 Å². The van der Waals surface area contributed by atoms with Crippen molar-refractivity contribution in [2.75, 3.05) is 13.4 Å². The van der Waals surface area contributed by atoms with Crippen LogP contribution < -0.4 is 14.8 Å². The molecule has 1 aromatic rings. The van der Waals surface area contributed by atoms with Crippen molar-refractivity contribution in [1.29, 1.82) is 5.26 Å². The lowest BCUT2D eigenvalue weighted by atomic mass is 9.83. The number of carbonyl (C=O) groups excluding carboxylic acids is 2. The van der Waals surface area contributed by atoms with Gasteiger partial charge in [0.1, 0.15) is 5.54 Å². The maximum Gasteiger partial charge on any atom is 0.338 e. The molecule has 1 aliphatic carbocycles. The minimum absolute atomic E-state index is 0.0339. The molecule has 1 heterocycles. The molecule has 0 aromatic heterocycles. The Labute approximate surface area is 149 Å². The number of rotatable bonds is 4. The van der Waals surface area contributed by atoms with Gasteiger partial charge in [-0.1, -0.05) is 30.9 Å². The van der Waals surface area contributed by atoms with Crippen LogP contribution in [0.5, 0.6) is 11.5 Å². The first-order valence-electron chi connectivity index (χ1n) is 8.01. The number of benzene rings is 1. The fraction of sp³-hybridized carbons (Fsp3) is 0.471. The van der Waals surface area contributed by atoms with Gasteiger partial charge in [-0.3, -0.25) is 4.79 Å². The Morgan fingerprint density at radius 2 is 2.04 bits per heavy atom. The number of nitrogens with one attached hydrogen (secondary N) is 1. The maximum absolute atomic E-state index is 12.1. The molecule has 0 unspecified atom stereocenters. The molecule has 0 spiro atoms. The standard InChI is InChI=1S/C17H17ClN2O5/c18-12-6-11(7-13-15(12)25-10-24-13)16(22)23-8-14(21)20-17(9-19)4-2-1-3-5-17/h6-7H,1-5,8,10H2,(H,20,21). The molecule has 8 heteroatoms. The summed E-state index contributed by atoms with van der Waals surface area (Å²) >= 11 is 6.02. The van der Waals surface area contributed by atoms with Crippen molar-refractivity contribution in [1.82, 2.24) is 5.32 Å². The first kappa shape index (κ1) is 17.4.